The van der Waals surface area contributed by atoms with Crippen LogP contribution in [0.2, 0.25) is 0 Å². The van der Waals surface area contributed by atoms with E-state index in [2.05, 4.69) is 13.0 Å². The Labute approximate surface area is 109 Å². The van der Waals surface area contributed by atoms with Crippen LogP contribution in [0.3, 0.4) is 0 Å². The number of ketones is 1. The Hall–Kier alpha value is -1.15. The van der Waals surface area contributed by atoms with Gasteiger partial charge in [-0.1, -0.05) is 31.2 Å². The molecule has 0 radical (unpaired) electrons. The maximum atomic E-state index is 12.6. The van der Waals surface area contributed by atoms with Gasteiger partial charge < -0.3 is 4.74 Å². The average Bonchev–Trinajstić information content (AvgIpc) is 2.56. The van der Waals surface area contributed by atoms with Gasteiger partial charge in [0.1, 0.15) is 0 Å². The number of rotatable bonds is 4. The molecule has 1 aromatic rings. The summed E-state index contributed by atoms with van der Waals surface area (Å²) < 4.78 is 5.13. The molecule has 0 aliphatic heterocycles. The Morgan fingerprint density at radius 2 is 2.17 bits per heavy atom. The van der Waals surface area contributed by atoms with E-state index in [1.165, 1.54) is 5.56 Å². The van der Waals surface area contributed by atoms with Gasteiger partial charge in [-0.3, -0.25) is 4.79 Å². The summed E-state index contributed by atoms with van der Waals surface area (Å²) in [6.07, 6.45) is 4.13. The molecule has 1 aliphatic rings. The lowest BCUT2D eigenvalue weighted by atomic mass is 9.83. The maximum absolute atomic E-state index is 12.6. The molecule has 0 saturated heterocycles. The summed E-state index contributed by atoms with van der Waals surface area (Å²) in [4.78, 5) is 12.6. The van der Waals surface area contributed by atoms with Crippen molar-refractivity contribution in [3.05, 3.63) is 35.4 Å². The highest BCUT2D eigenvalue weighted by molar-refractivity contribution is 5.99. The number of hydrogen-bond donors (Lipinski definition) is 0. The number of ether oxygens (including phenoxy) is 1. The van der Waals surface area contributed by atoms with Crippen molar-refractivity contribution in [3.63, 3.8) is 0 Å². The summed E-state index contributed by atoms with van der Waals surface area (Å²) >= 11 is 0. The van der Waals surface area contributed by atoms with Crippen LogP contribution in [0, 0.1) is 11.8 Å². The highest BCUT2D eigenvalue weighted by atomic mass is 16.5. The van der Waals surface area contributed by atoms with Gasteiger partial charge in [-0.05, 0) is 37.2 Å². The first-order valence-electron chi connectivity index (χ1n) is 6.85. The van der Waals surface area contributed by atoms with Crippen molar-refractivity contribution in [2.45, 2.75) is 32.6 Å². The first kappa shape index (κ1) is 13.3. The maximum Gasteiger partial charge on any atom is 0.166 e. The number of hydrogen-bond acceptors (Lipinski definition) is 2. The number of fused-ring (bicyclic) bond motifs is 1. The fourth-order valence-electron chi connectivity index (χ4n) is 2.87. The fraction of sp³-hybridized carbons (Fsp3) is 0.562. The van der Waals surface area contributed by atoms with Crippen LogP contribution in [0.4, 0.5) is 0 Å². The predicted molar refractivity (Wildman–Crippen MR) is 72.9 cm³/mol. The topological polar surface area (TPSA) is 26.3 Å². The molecule has 18 heavy (non-hydrogen) atoms. The molecule has 1 aliphatic carbocycles. The smallest absolute Gasteiger partial charge is 0.166 e. The van der Waals surface area contributed by atoms with Crippen molar-refractivity contribution < 1.29 is 9.53 Å². The van der Waals surface area contributed by atoms with E-state index in [0.29, 0.717) is 11.7 Å². The molecule has 2 unspecified atom stereocenters. The summed E-state index contributed by atoms with van der Waals surface area (Å²) in [5.74, 6) is 0.916. The van der Waals surface area contributed by atoms with Gasteiger partial charge in [-0.15, -0.1) is 0 Å². The van der Waals surface area contributed by atoms with Crippen LogP contribution >= 0.6 is 0 Å². The Morgan fingerprint density at radius 1 is 1.39 bits per heavy atom. The van der Waals surface area contributed by atoms with Crippen LogP contribution in [-0.2, 0) is 11.2 Å². The summed E-state index contributed by atoms with van der Waals surface area (Å²) in [7, 11) is 1.72. The molecule has 0 N–H and O–H groups in total. The van der Waals surface area contributed by atoms with Gasteiger partial charge in [-0.25, -0.2) is 0 Å². The average molecular weight is 246 g/mol. The summed E-state index contributed by atoms with van der Waals surface area (Å²) in [5.41, 5.74) is 2.17. The zero-order valence-electron chi connectivity index (χ0n) is 11.3. The molecular formula is C16H22O2. The van der Waals surface area contributed by atoms with E-state index in [9.17, 15) is 4.79 Å². The van der Waals surface area contributed by atoms with Crippen molar-refractivity contribution in [3.8, 4) is 0 Å². The van der Waals surface area contributed by atoms with Gasteiger partial charge in [0, 0.05) is 25.2 Å². The van der Waals surface area contributed by atoms with Gasteiger partial charge in [0.05, 0.1) is 0 Å². The van der Waals surface area contributed by atoms with Gasteiger partial charge in [0.15, 0.2) is 5.78 Å². The third-order valence-corrected chi connectivity index (χ3v) is 4.05. The molecule has 2 rings (SSSR count). The lowest BCUT2D eigenvalue weighted by Gasteiger charge is -2.21. The van der Waals surface area contributed by atoms with E-state index in [1.807, 2.05) is 18.2 Å². The molecule has 0 aromatic heterocycles. The second kappa shape index (κ2) is 6.14. The zero-order valence-corrected chi connectivity index (χ0v) is 11.3. The minimum Gasteiger partial charge on any atom is -0.385 e. The lowest BCUT2D eigenvalue weighted by molar-refractivity contribution is 0.0844. The van der Waals surface area contributed by atoms with Crippen molar-refractivity contribution in [2.75, 3.05) is 13.7 Å². The van der Waals surface area contributed by atoms with E-state index in [4.69, 9.17) is 4.74 Å². The SMILES string of the molecule is COCCC(C)C1CCCc2ccccc2C1=O. The number of benzene rings is 1. The largest absolute Gasteiger partial charge is 0.385 e. The van der Waals surface area contributed by atoms with Gasteiger partial charge in [0.2, 0.25) is 0 Å². The summed E-state index contributed by atoms with van der Waals surface area (Å²) in [5, 5.41) is 0. The second-order valence-electron chi connectivity index (χ2n) is 5.28. The Kier molecular flexibility index (Phi) is 4.54. The highest BCUT2D eigenvalue weighted by Crippen LogP contribution is 2.30. The van der Waals surface area contributed by atoms with Crippen LogP contribution in [0.25, 0.3) is 0 Å². The minimum atomic E-state index is 0.170. The predicted octanol–water partition coefficient (Wildman–Crippen LogP) is 3.49. The molecule has 0 spiro atoms. The highest BCUT2D eigenvalue weighted by Gasteiger charge is 2.29. The van der Waals surface area contributed by atoms with Crippen molar-refractivity contribution in [2.24, 2.45) is 11.8 Å². The van der Waals surface area contributed by atoms with E-state index < -0.39 is 0 Å². The fourth-order valence-corrected chi connectivity index (χ4v) is 2.87. The van der Waals surface area contributed by atoms with Crippen LogP contribution in [0.15, 0.2) is 24.3 Å². The number of carbonyl (C=O) groups is 1. The third-order valence-electron chi connectivity index (χ3n) is 4.05. The van der Waals surface area contributed by atoms with Crippen LogP contribution in [0.1, 0.15) is 42.1 Å². The van der Waals surface area contributed by atoms with E-state index in [0.717, 1.165) is 37.9 Å². The molecule has 2 atom stereocenters. The van der Waals surface area contributed by atoms with Crippen molar-refractivity contribution in [1.82, 2.24) is 0 Å². The van der Waals surface area contributed by atoms with Gasteiger partial charge >= 0.3 is 0 Å². The lowest BCUT2D eigenvalue weighted by Crippen LogP contribution is -2.22. The first-order valence-corrected chi connectivity index (χ1v) is 6.85. The molecule has 0 amide bonds. The molecule has 98 valence electrons. The standard InChI is InChI=1S/C16H22O2/c1-12(10-11-18-2)14-9-5-7-13-6-3-4-8-15(13)16(14)17/h3-4,6,8,12,14H,5,7,9-11H2,1-2H3. The van der Waals surface area contributed by atoms with E-state index in [-0.39, 0.29) is 5.92 Å². The number of Topliss-reactive ketones (excluding diaryl/α,β-unsaturated/α-hetero) is 1. The summed E-state index contributed by atoms with van der Waals surface area (Å²) in [6.45, 7) is 2.92. The van der Waals surface area contributed by atoms with Crippen LogP contribution < -0.4 is 0 Å². The van der Waals surface area contributed by atoms with E-state index >= 15 is 0 Å². The Morgan fingerprint density at radius 3 is 2.94 bits per heavy atom. The molecular weight excluding hydrogens is 224 g/mol. The van der Waals surface area contributed by atoms with Crippen LogP contribution in [0.5, 0.6) is 0 Å². The number of carbonyl (C=O) groups excluding carboxylic acids is 1. The molecule has 0 saturated carbocycles. The normalized spacial score (nSPS) is 21.2. The van der Waals surface area contributed by atoms with Crippen LogP contribution in [-0.4, -0.2) is 19.5 Å². The minimum absolute atomic E-state index is 0.170. The molecule has 2 nitrogen and oxygen atoms in total. The van der Waals surface area contributed by atoms with Gasteiger partial charge in [-0.2, -0.15) is 0 Å². The Bertz CT molecular complexity index is 411. The third kappa shape index (κ3) is 2.81. The zero-order chi connectivity index (χ0) is 13.0. The monoisotopic (exact) mass is 246 g/mol. The number of aryl methyl sites for hydroxylation is 1. The van der Waals surface area contributed by atoms with Crippen molar-refractivity contribution >= 4 is 5.78 Å². The second-order valence-corrected chi connectivity index (χ2v) is 5.28. The molecule has 0 bridgehead atoms. The Balaban J connectivity index is 2.17. The molecule has 1 aromatic carbocycles. The quantitative estimate of drug-likeness (QED) is 0.760. The molecule has 0 fully saturated rings. The molecule has 0 heterocycles. The summed E-state index contributed by atoms with van der Waals surface area (Å²) in [6, 6.07) is 8.08. The van der Waals surface area contributed by atoms with Gasteiger partial charge in [0.25, 0.3) is 0 Å². The van der Waals surface area contributed by atoms with Crippen molar-refractivity contribution in [1.29, 1.82) is 0 Å². The number of methoxy groups -OCH3 is 1. The van der Waals surface area contributed by atoms with E-state index in [1.54, 1.807) is 7.11 Å². The first-order chi connectivity index (χ1) is 8.74. The molecule has 2 heteroatoms.